The molecule has 4 heteroatoms. The van der Waals surface area contributed by atoms with Crippen molar-refractivity contribution in [1.82, 2.24) is 10.3 Å². The maximum absolute atomic E-state index is 12.4. The molecule has 1 atom stereocenters. The van der Waals surface area contributed by atoms with E-state index in [1.54, 1.807) is 12.3 Å². The first-order valence-electron chi connectivity index (χ1n) is 7.27. The van der Waals surface area contributed by atoms with Crippen molar-refractivity contribution in [3.05, 3.63) is 70.0 Å². The highest BCUT2D eigenvalue weighted by Gasteiger charge is 2.24. The topological polar surface area (TPSA) is 42.0 Å². The Morgan fingerprint density at radius 2 is 2.27 bits per heavy atom. The smallest absolute Gasteiger partial charge is 0.253 e. The average Bonchev–Trinajstić information content (AvgIpc) is 2.89. The monoisotopic (exact) mass is 312 g/mol. The molecule has 1 aliphatic rings. The van der Waals surface area contributed by atoms with Crippen molar-refractivity contribution >= 4 is 23.6 Å². The number of halogens is 1. The molecule has 1 aliphatic carbocycles. The second kappa shape index (κ2) is 5.93. The Morgan fingerprint density at radius 3 is 3.00 bits per heavy atom. The summed E-state index contributed by atoms with van der Waals surface area (Å²) in [5.74, 6) is -0.0981. The second-order valence-electron chi connectivity index (χ2n) is 5.54. The Hall–Kier alpha value is -2.13. The van der Waals surface area contributed by atoms with Crippen LogP contribution in [0.2, 0.25) is 5.02 Å². The van der Waals surface area contributed by atoms with E-state index in [1.165, 1.54) is 5.56 Å². The van der Waals surface area contributed by atoms with Crippen molar-refractivity contribution in [3.63, 3.8) is 0 Å². The van der Waals surface area contributed by atoms with E-state index in [2.05, 4.69) is 16.9 Å². The Kier molecular flexibility index (Phi) is 3.99. The number of rotatable bonds is 3. The average molecular weight is 313 g/mol. The fraction of sp³-hybridized carbons (Fsp3) is 0.222. The second-order valence-corrected chi connectivity index (χ2v) is 5.97. The van der Waals surface area contributed by atoms with Gasteiger partial charge < -0.3 is 5.32 Å². The minimum atomic E-state index is -0.0981. The molecule has 112 valence electrons. The lowest BCUT2D eigenvalue weighted by atomic mass is 10.1. The van der Waals surface area contributed by atoms with Crippen LogP contribution in [0.5, 0.6) is 0 Å². The van der Waals surface area contributed by atoms with Crippen LogP contribution in [-0.2, 0) is 6.42 Å². The van der Waals surface area contributed by atoms with E-state index in [1.807, 2.05) is 31.2 Å². The zero-order valence-corrected chi connectivity index (χ0v) is 13.2. The first-order chi connectivity index (χ1) is 10.6. The number of benzene rings is 1. The molecule has 22 heavy (non-hydrogen) atoms. The standard InChI is InChI=1S/C18H17ClN2O/c1-3-16-11(2)8-13(10-20-16)18(22)21-17-7-4-12-9-14(19)5-6-15(12)17/h3,5-6,8-10,17H,1,4,7H2,2H3,(H,21,22)/t17-/m1/s1. The summed E-state index contributed by atoms with van der Waals surface area (Å²) in [6.07, 6.45) is 5.12. The summed E-state index contributed by atoms with van der Waals surface area (Å²) in [6, 6.07) is 7.74. The summed E-state index contributed by atoms with van der Waals surface area (Å²) in [5.41, 5.74) is 4.70. The number of hydrogen-bond donors (Lipinski definition) is 1. The van der Waals surface area contributed by atoms with Crippen molar-refractivity contribution < 1.29 is 4.79 Å². The summed E-state index contributed by atoms with van der Waals surface area (Å²) in [7, 11) is 0. The maximum Gasteiger partial charge on any atom is 0.253 e. The van der Waals surface area contributed by atoms with Crippen LogP contribution < -0.4 is 5.32 Å². The highest BCUT2D eigenvalue weighted by atomic mass is 35.5. The molecule has 0 bridgehead atoms. The third-order valence-corrected chi connectivity index (χ3v) is 4.30. The number of nitrogens with zero attached hydrogens (tertiary/aromatic N) is 1. The van der Waals surface area contributed by atoms with Crippen LogP contribution in [0.1, 0.15) is 45.2 Å². The molecule has 1 amide bonds. The fourth-order valence-corrected chi connectivity index (χ4v) is 3.10. The summed E-state index contributed by atoms with van der Waals surface area (Å²) in [4.78, 5) is 16.7. The van der Waals surface area contributed by atoms with Gasteiger partial charge in [-0.15, -0.1) is 0 Å². The number of aryl methyl sites for hydroxylation is 2. The van der Waals surface area contributed by atoms with Crippen LogP contribution in [-0.4, -0.2) is 10.9 Å². The lowest BCUT2D eigenvalue weighted by Crippen LogP contribution is -2.27. The Balaban J connectivity index is 1.79. The Labute approximate surface area is 135 Å². The van der Waals surface area contributed by atoms with Crippen molar-refractivity contribution in [2.45, 2.75) is 25.8 Å². The summed E-state index contributed by atoms with van der Waals surface area (Å²) >= 11 is 6.01. The molecule has 0 unspecified atom stereocenters. The van der Waals surface area contributed by atoms with Gasteiger partial charge in [0.05, 0.1) is 17.3 Å². The molecule has 0 saturated carbocycles. The quantitative estimate of drug-likeness (QED) is 0.927. The molecule has 1 aromatic carbocycles. The van der Waals surface area contributed by atoms with Crippen LogP contribution in [0.25, 0.3) is 6.08 Å². The van der Waals surface area contributed by atoms with Gasteiger partial charge in [-0.05, 0) is 60.7 Å². The highest BCUT2D eigenvalue weighted by Crippen LogP contribution is 2.33. The number of amides is 1. The molecule has 0 fully saturated rings. The third-order valence-electron chi connectivity index (χ3n) is 4.06. The van der Waals surface area contributed by atoms with E-state index >= 15 is 0 Å². The minimum absolute atomic E-state index is 0.0409. The van der Waals surface area contributed by atoms with Gasteiger partial charge in [-0.25, -0.2) is 0 Å². The van der Waals surface area contributed by atoms with E-state index in [9.17, 15) is 4.79 Å². The van der Waals surface area contributed by atoms with Gasteiger partial charge in [0.15, 0.2) is 0 Å². The number of fused-ring (bicyclic) bond motifs is 1. The van der Waals surface area contributed by atoms with Crippen LogP contribution in [0.3, 0.4) is 0 Å². The van der Waals surface area contributed by atoms with E-state index in [0.717, 1.165) is 34.7 Å². The van der Waals surface area contributed by atoms with Gasteiger partial charge in [0.1, 0.15) is 0 Å². The summed E-state index contributed by atoms with van der Waals surface area (Å²) in [6.45, 7) is 5.63. The number of carbonyl (C=O) groups excluding carboxylic acids is 1. The molecule has 0 saturated heterocycles. The van der Waals surface area contributed by atoms with Crippen LogP contribution in [0, 0.1) is 6.92 Å². The summed E-state index contributed by atoms with van der Waals surface area (Å²) in [5, 5.41) is 3.83. The molecule has 1 aromatic heterocycles. The number of nitrogens with one attached hydrogen (secondary N) is 1. The number of pyridine rings is 1. The van der Waals surface area contributed by atoms with Gasteiger partial charge in [-0.2, -0.15) is 0 Å². The van der Waals surface area contributed by atoms with Crippen molar-refractivity contribution in [2.24, 2.45) is 0 Å². The molecule has 1 heterocycles. The molecular formula is C18H17ClN2O. The largest absolute Gasteiger partial charge is 0.345 e. The molecule has 0 aliphatic heterocycles. The van der Waals surface area contributed by atoms with Crippen molar-refractivity contribution in [3.8, 4) is 0 Å². The summed E-state index contributed by atoms with van der Waals surface area (Å²) < 4.78 is 0. The first kappa shape index (κ1) is 14.8. The van der Waals surface area contributed by atoms with Gasteiger partial charge in [0, 0.05) is 11.2 Å². The van der Waals surface area contributed by atoms with Gasteiger partial charge in [0.25, 0.3) is 5.91 Å². The van der Waals surface area contributed by atoms with E-state index in [-0.39, 0.29) is 11.9 Å². The maximum atomic E-state index is 12.4. The first-order valence-corrected chi connectivity index (χ1v) is 7.64. The lowest BCUT2D eigenvalue weighted by Gasteiger charge is -2.14. The van der Waals surface area contributed by atoms with Gasteiger partial charge >= 0.3 is 0 Å². The minimum Gasteiger partial charge on any atom is -0.345 e. The van der Waals surface area contributed by atoms with Crippen LogP contribution in [0.15, 0.2) is 37.0 Å². The molecule has 3 nitrogen and oxygen atoms in total. The molecular weight excluding hydrogens is 296 g/mol. The van der Waals surface area contributed by atoms with Crippen LogP contribution >= 0.6 is 11.6 Å². The predicted octanol–water partition coefficient (Wildman–Crippen LogP) is 4.10. The number of aromatic nitrogens is 1. The van der Waals surface area contributed by atoms with Crippen LogP contribution in [0.4, 0.5) is 0 Å². The fourth-order valence-electron chi connectivity index (χ4n) is 2.90. The molecule has 0 radical (unpaired) electrons. The highest BCUT2D eigenvalue weighted by molar-refractivity contribution is 6.30. The third kappa shape index (κ3) is 2.77. The Morgan fingerprint density at radius 1 is 1.45 bits per heavy atom. The Bertz CT molecular complexity index is 755. The zero-order chi connectivity index (χ0) is 15.7. The SMILES string of the molecule is C=Cc1ncc(C(=O)N[C@@H]2CCc3cc(Cl)ccc32)cc1C. The van der Waals surface area contributed by atoms with Crippen molar-refractivity contribution in [1.29, 1.82) is 0 Å². The van der Waals surface area contributed by atoms with Crippen molar-refractivity contribution in [2.75, 3.05) is 0 Å². The molecule has 2 aromatic rings. The molecule has 1 N–H and O–H groups in total. The van der Waals surface area contributed by atoms with Gasteiger partial charge in [-0.1, -0.05) is 24.2 Å². The predicted molar refractivity (Wildman–Crippen MR) is 89.0 cm³/mol. The van der Waals surface area contributed by atoms with Gasteiger partial charge in [0.2, 0.25) is 0 Å². The van der Waals surface area contributed by atoms with Gasteiger partial charge in [-0.3, -0.25) is 9.78 Å². The molecule has 3 rings (SSSR count). The number of carbonyl (C=O) groups is 1. The lowest BCUT2D eigenvalue weighted by molar-refractivity contribution is 0.0936. The normalized spacial score (nSPS) is 16.2. The number of hydrogen-bond acceptors (Lipinski definition) is 2. The van der Waals surface area contributed by atoms with E-state index in [0.29, 0.717) is 5.56 Å². The van der Waals surface area contributed by atoms with E-state index in [4.69, 9.17) is 11.6 Å². The molecule has 0 spiro atoms. The van der Waals surface area contributed by atoms with E-state index < -0.39 is 0 Å². The zero-order valence-electron chi connectivity index (χ0n) is 12.4.